The molecule has 1 aromatic carbocycles. The van der Waals surface area contributed by atoms with Gasteiger partial charge in [-0.15, -0.1) is 24.0 Å². The van der Waals surface area contributed by atoms with Gasteiger partial charge >= 0.3 is 0 Å². The molecule has 1 aliphatic carbocycles. The van der Waals surface area contributed by atoms with Crippen LogP contribution in [0, 0.1) is 12.8 Å². The molecule has 3 rings (SSSR count). The zero-order valence-corrected chi connectivity index (χ0v) is 17.4. The Morgan fingerprint density at radius 2 is 2.08 bits per heavy atom. The number of aromatic nitrogens is 2. The van der Waals surface area contributed by atoms with E-state index in [1.807, 2.05) is 19.3 Å². The van der Waals surface area contributed by atoms with Gasteiger partial charge in [0, 0.05) is 32.0 Å². The van der Waals surface area contributed by atoms with E-state index < -0.39 is 0 Å². The Balaban J connectivity index is 0.00000225. The lowest BCUT2D eigenvalue weighted by Crippen LogP contribution is -2.38. The second-order valence-corrected chi connectivity index (χ2v) is 6.44. The lowest BCUT2D eigenvalue weighted by molar-refractivity contribution is 0.738. The number of hydrogen-bond acceptors (Lipinski definition) is 2. The van der Waals surface area contributed by atoms with Gasteiger partial charge in [-0.05, 0) is 43.7 Å². The van der Waals surface area contributed by atoms with Crippen LogP contribution < -0.4 is 10.6 Å². The normalized spacial score (nSPS) is 14.1. The number of aliphatic imine (C=N–C) groups is 1. The van der Waals surface area contributed by atoms with Crippen LogP contribution in [0.25, 0.3) is 0 Å². The number of imidazole rings is 1. The van der Waals surface area contributed by atoms with Crippen molar-refractivity contribution in [1.82, 2.24) is 20.2 Å². The minimum absolute atomic E-state index is 0. The van der Waals surface area contributed by atoms with Gasteiger partial charge in [-0.25, -0.2) is 9.98 Å². The van der Waals surface area contributed by atoms with E-state index >= 15 is 0 Å². The second-order valence-electron chi connectivity index (χ2n) is 6.44. The van der Waals surface area contributed by atoms with Crippen molar-refractivity contribution in [3.8, 4) is 0 Å². The maximum Gasteiger partial charge on any atom is 0.191 e. The second kappa shape index (κ2) is 9.79. The van der Waals surface area contributed by atoms with Crippen LogP contribution >= 0.6 is 24.0 Å². The number of aryl methyl sites for hydroxylation is 1. The van der Waals surface area contributed by atoms with Gasteiger partial charge in [-0.3, -0.25) is 0 Å². The van der Waals surface area contributed by atoms with Crippen LogP contribution in [0.5, 0.6) is 0 Å². The van der Waals surface area contributed by atoms with Crippen LogP contribution in [-0.4, -0.2) is 28.6 Å². The van der Waals surface area contributed by atoms with Crippen LogP contribution in [0.2, 0.25) is 0 Å². The first-order chi connectivity index (χ1) is 11.7. The smallest absolute Gasteiger partial charge is 0.191 e. The third-order valence-electron chi connectivity index (χ3n) is 4.29. The largest absolute Gasteiger partial charge is 0.357 e. The number of guanidine groups is 1. The molecule has 0 aliphatic heterocycles. The van der Waals surface area contributed by atoms with Crippen molar-refractivity contribution in [2.75, 3.05) is 13.1 Å². The van der Waals surface area contributed by atoms with Crippen LogP contribution in [0.1, 0.15) is 36.7 Å². The zero-order chi connectivity index (χ0) is 16.8. The molecule has 25 heavy (non-hydrogen) atoms. The maximum absolute atomic E-state index is 4.71. The first-order valence-electron chi connectivity index (χ1n) is 8.82. The van der Waals surface area contributed by atoms with Gasteiger partial charge in [0.15, 0.2) is 5.96 Å². The Kier molecular flexibility index (Phi) is 7.74. The highest BCUT2D eigenvalue weighted by atomic mass is 127. The molecule has 2 N–H and O–H groups in total. The summed E-state index contributed by atoms with van der Waals surface area (Å²) in [6.07, 6.45) is 6.56. The van der Waals surface area contributed by atoms with Crippen molar-refractivity contribution in [2.45, 2.75) is 39.8 Å². The van der Waals surface area contributed by atoms with Gasteiger partial charge in [0.1, 0.15) is 5.82 Å². The molecule has 2 aromatic rings. The minimum Gasteiger partial charge on any atom is -0.357 e. The minimum atomic E-state index is 0. The molecule has 1 aliphatic rings. The molecule has 0 bridgehead atoms. The highest BCUT2D eigenvalue weighted by molar-refractivity contribution is 14.0. The van der Waals surface area contributed by atoms with Gasteiger partial charge in [-0.2, -0.15) is 0 Å². The molecular formula is C19H28IN5. The van der Waals surface area contributed by atoms with Gasteiger partial charge in [0.25, 0.3) is 0 Å². The number of nitrogens with zero attached hydrogens (tertiary/aromatic N) is 3. The van der Waals surface area contributed by atoms with E-state index in [-0.39, 0.29) is 24.0 Å². The molecule has 1 heterocycles. The fourth-order valence-electron chi connectivity index (χ4n) is 2.67. The molecule has 1 saturated carbocycles. The molecule has 0 saturated heterocycles. The Bertz CT molecular complexity index is 691. The summed E-state index contributed by atoms with van der Waals surface area (Å²) in [5.41, 5.74) is 2.51. The molecule has 0 unspecified atom stereocenters. The van der Waals surface area contributed by atoms with Gasteiger partial charge in [-0.1, -0.05) is 24.3 Å². The summed E-state index contributed by atoms with van der Waals surface area (Å²) in [6, 6.07) is 8.63. The third-order valence-corrected chi connectivity index (χ3v) is 4.29. The Morgan fingerprint density at radius 3 is 2.76 bits per heavy atom. The summed E-state index contributed by atoms with van der Waals surface area (Å²) in [7, 11) is 0. The Hall–Kier alpha value is -1.57. The zero-order valence-electron chi connectivity index (χ0n) is 15.0. The Morgan fingerprint density at radius 1 is 1.28 bits per heavy atom. The molecular weight excluding hydrogens is 425 g/mol. The molecule has 5 nitrogen and oxygen atoms in total. The average molecular weight is 453 g/mol. The fraction of sp³-hybridized carbons (Fsp3) is 0.474. The molecule has 0 radical (unpaired) electrons. The highest BCUT2D eigenvalue weighted by Crippen LogP contribution is 2.27. The molecule has 0 atom stereocenters. The standard InChI is InChI=1S/C19H27N5.HI/c1-3-20-19(22-12-16-7-8-16)23-13-17-5-4-6-18(11-17)14-24-10-9-21-15(24)2;/h4-6,9-11,16H,3,7-8,12-14H2,1-2H3,(H2,20,22,23);1H. The van der Waals surface area contributed by atoms with Crippen LogP contribution in [0.3, 0.4) is 0 Å². The molecule has 136 valence electrons. The quantitative estimate of drug-likeness (QED) is 0.384. The van der Waals surface area contributed by atoms with Crippen molar-refractivity contribution >= 4 is 29.9 Å². The van der Waals surface area contributed by atoms with Crippen molar-refractivity contribution in [3.05, 3.63) is 53.6 Å². The van der Waals surface area contributed by atoms with Crippen molar-refractivity contribution in [3.63, 3.8) is 0 Å². The van der Waals surface area contributed by atoms with Crippen LogP contribution in [0.4, 0.5) is 0 Å². The SMILES string of the molecule is CCNC(=NCc1cccc(Cn2ccnc2C)c1)NCC1CC1.I. The molecule has 1 aromatic heterocycles. The summed E-state index contributed by atoms with van der Waals surface area (Å²) < 4.78 is 2.16. The monoisotopic (exact) mass is 453 g/mol. The molecule has 1 fully saturated rings. The van der Waals surface area contributed by atoms with E-state index in [0.717, 1.165) is 37.3 Å². The predicted octanol–water partition coefficient (Wildman–Crippen LogP) is 3.32. The molecule has 0 amide bonds. The number of rotatable bonds is 7. The van der Waals surface area contributed by atoms with Gasteiger partial charge in [0.2, 0.25) is 0 Å². The number of benzene rings is 1. The first-order valence-corrected chi connectivity index (χ1v) is 8.82. The third kappa shape index (κ3) is 6.34. The number of halogens is 1. The molecule has 6 heteroatoms. The van der Waals surface area contributed by atoms with Gasteiger partial charge < -0.3 is 15.2 Å². The van der Waals surface area contributed by atoms with Crippen molar-refractivity contribution < 1.29 is 0 Å². The summed E-state index contributed by atoms with van der Waals surface area (Å²) in [5.74, 6) is 2.80. The lowest BCUT2D eigenvalue weighted by atomic mass is 10.1. The van der Waals surface area contributed by atoms with Crippen molar-refractivity contribution in [2.24, 2.45) is 10.9 Å². The van der Waals surface area contributed by atoms with Crippen LogP contribution in [-0.2, 0) is 13.1 Å². The summed E-state index contributed by atoms with van der Waals surface area (Å²) >= 11 is 0. The first kappa shape index (κ1) is 19.8. The lowest BCUT2D eigenvalue weighted by Gasteiger charge is -2.11. The van der Waals surface area contributed by atoms with E-state index in [0.29, 0.717) is 6.54 Å². The van der Waals surface area contributed by atoms with E-state index in [1.165, 1.54) is 24.0 Å². The topological polar surface area (TPSA) is 54.2 Å². The summed E-state index contributed by atoms with van der Waals surface area (Å²) in [6.45, 7) is 7.59. The van der Waals surface area contributed by atoms with E-state index in [4.69, 9.17) is 4.99 Å². The van der Waals surface area contributed by atoms with Crippen LogP contribution in [0.15, 0.2) is 41.7 Å². The number of nitrogens with one attached hydrogen (secondary N) is 2. The van der Waals surface area contributed by atoms with E-state index in [2.05, 4.69) is 51.4 Å². The fourth-order valence-corrected chi connectivity index (χ4v) is 2.67. The predicted molar refractivity (Wildman–Crippen MR) is 113 cm³/mol. The van der Waals surface area contributed by atoms with E-state index in [9.17, 15) is 0 Å². The summed E-state index contributed by atoms with van der Waals surface area (Å²) in [5, 5.41) is 6.76. The number of hydrogen-bond donors (Lipinski definition) is 2. The average Bonchev–Trinajstić information content (AvgIpc) is 3.33. The maximum atomic E-state index is 4.71. The molecule has 0 spiro atoms. The highest BCUT2D eigenvalue weighted by Gasteiger charge is 2.20. The van der Waals surface area contributed by atoms with Gasteiger partial charge in [0.05, 0.1) is 6.54 Å². The van der Waals surface area contributed by atoms with E-state index in [1.54, 1.807) is 0 Å². The Labute approximate surface area is 167 Å². The summed E-state index contributed by atoms with van der Waals surface area (Å²) in [4.78, 5) is 8.99. The van der Waals surface area contributed by atoms with Crippen molar-refractivity contribution in [1.29, 1.82) is 0 Å².